The summed E-state index contributed by atoms with van der Waals surface area (Å²) >= 11 is 0. The van der Waals surface area contributed by atoms with Crippen molar-refractivity contribution in [1.29, 1.82) is 0 Å². The predicted octanol–water partition coefficient (Wildman–Crippen LogP) is -2.72. The Kier molecular flexibility index (Phi) is 17.9. The van der Waals surface area contributed by atoms with Crippen molar-refractivity contribution in [1.82, 2.24) is 0 Å². The number of hydrogen-bond donors (Lipinski definition) is 14. The molecule has 4 saturated carbocycles. The third-order valence-electron chi connectivity index (χ3n) is 22.5. The lowest BCUT2D eigenvalue weighted by molar-refractivity contribution is -0.385. The molecular formula is C58H94O26. The van der Waals surface area contributed by atoms with Gasteiger partial charge in [0.1, 0.15) is 104 Å². The van der Waals surface area contributed by atoms with Gasteiger partial charge in [0.25, 0.3) is 0 Å². The summed E-state index contributed by atoms with van der Waals surface area (Å²) in [5.41, 5.74) is -0.706. The van der Waals surface area contributed by atoms with Crippen LogP contribution in [0.25, 0.3) is 0 Å². The Bertz CT molecular complexity index is 2330. The van der Waals surface area contributed by atoms with Crippen LogP contribution >= 0.6 is 0 Å². The number of aliphatic hydroxyl groups is 14. The number of hydrogen-bond acceptors (Lipinski definition) is 26. The SMILES string of the molecule is CC(C)=CC1C[C@](C)(O)C2C3CCC4[C@@]5(C)CCC(OC6OC(C)C(O)C(O)C6OC6OC(COC7OCC(O)C(O)C7OC7OC(CO)C(O)C(OC8OCC(O)C(O)C8O)C7O)C(O)C(O)C6O)C(C)(C)C5CC[C@@]4(C)[C@@]34CO[C@@]2(C4)O1. The van der Waals surface area contributed by atoms with Gasteiger partial charge in [0, 0.05) is 24.2 Å². The Morgan fingerprint density at radius 3 is 1.90 bits per heavy atom. The van der Waals surface area contributed by atoms with Crippen LogP contribution in [0.4, 0.5) is 0 Å². The fraction of sp³-hybridized carbons (Fsp3) is 0.966. The minimum absolute atomic E-state index is 0.107. The first-order valence-corrected chi connectivity index (χ1v) is 30.3. The van der Waals surface area contributed by atoms with Gasteiger partial charge in [-0.15, -0.1) is 0 Å². The first-order chi connectivity index (χ1) is 39.4. The average molecular weight is 1210 g/mol. The van der Waals surface area contributed by atoms with Gasteiger partial charge in [-0.25, -0.2) is 0 Å². The van der Waals surface area contributed by atoms with Crippen molar-refractivity contribution in [2.75, 3.05) is 33.0 Å². The lowest BCUT2D eigenvalue weighted by Gasteiger charge is -2.70. The molecule has 2 spiro atoms. The van der Waals surface area contributed by atoms with Gasteiger partial charge >= 0.3 is 0 Å². The second kappa shape index (κ2) is 23.4. The maximum absolute atomic E-state index is 12.3. The summed E-state index contributed by atoms with van der Waals surface area (Å²) in [6.07, 6.45) is -30.7. The highest BCUT2D eigenvalue weighted by atomic mass is 16.8. The number of allylic oxidation sites excluding steroid dienone is 1. The monoisotopic (exact) mass is 1210 g/mol. The van der Waals surface area contributed by atoms with Crippen molar-refractivity contribution < 1.29 is 128 Å². The first-order valence-electron chi connectivity index (χ1n) is 30.3. The molecule has 0 radical (unpaired) electrons. The van der Waals surface area contributed by atoms with Crippen molar-refractivity contribution in [2.45, 2.75) is 272 Å². The van der Waals surface area contributed by atoms with Crippen LogP contribution in [0.3, 0.4) is 0 Å². The quantitative estimate of drug-likeness (QED) is 0.0658. The molecule has 0 amide bonds. The summed E-state index contributed by atoms with van der Waals surface area (Å²) in [5, 5.41) is 154. The smallest absolute Gasteiger partial charge is 0.187 e. The standard InChI is InChI=1S/C58H94O26/c1-23(2)15-25-16-56(8,72)47-26-9-10-32-54(6)13-12-33(53(4,5)31(54)11-14-55(32,7)57(26)21-58(47,84-25)76-22-57)80-52-46(40(68)34(62)24(3)77-52)83-49-42(70)39(67)37(65)30(79-49)20-75-51-45(36(64)28(61)19-74-51)82-50-43(71)44(38(66)29(17-59)78-50)81-48-41(69)35(63)27(60)18-73-48/h15,24-52,59-72H,9-14,16-22H2,1-8H3/t24?,25?,26?,27?,28?,29?,30?,31?,32?,33?,34?,35?,36?,37?,38?,39?,40?,41?,42?,43?,44?,45?,46?,47?,48?,49?,50?,51?,52?,54-,55+,56-,57-,58-/m0/s1. The van der Waals surface area contributed by atoms with Crippen molar-refractivity contribution >= 4 is 0 Å². The average Bonchev–Trinajstić information content (AvgIpc) is 1.45. The zero-order valence-corrected chi connectivity index (χ0v) is 49.2. The van der Waals surface area contributed by atoms with Crippen LogP contribution in [0, 0.1) is 45.3 Å². The molecule has 11 aliphatic rings. The van der Waals surface area contributed by atoms with E-state index in [0.717, 1.165) is 44.1 Å². The number of aliphatic hydroxyl groups excluding tert-OH is 13. The summed E-state index contributed by atoms with van der Waals surface area (Å²) in [7, 11) is 0. The highest BCUT2D eigenvalue weighted by Crippen LogP contribution is 2.80. The minimum Gasteiger partial charge on any atom is -0.394 e. The molecule has 4 aliphatic carbocycles. The van der Waals surface area contributed by atoms with Crippen molar-refractivity contribution in [3.05, 3.63) is 11.6 Å². The van der Waals surface area contributed by atoms with E-state index in [1.54, 1.807) is 6.92 Å². The van der Waals surface area contributed by atoms with Crippen LogP contribution in [0.1, 0.15) is 107 Å². The lowest BCUT2D eigenvalue weighted by atomic mass is 9.35. The van der Waals surface area contributed by atoms with Crippen LogP contribution in [0.2, 0.25) is 0 Å². The molecule has 29 unspecified atom stereocenters. The van der Waals surface area contributed by atoms with E-state index in [4.69, 9.17) is 56.8 Å². The first kappa shape index (κ1) is 64.2. The maximum atomic E-state index is 12.3. The summed E-state index contributed by atoms with van der Waals surface area (Å²) in [5.74, 6) is -0.230. The molecular weight excluding hydrogens is 1110 g/mol. The molecule has 11 rings (SSSR count). The lowest BCUT2D eigenvalue weighted by Crippen LogP contribution is -2.68. The van der Waals surface area contributed by atoms with E-state index in [2.05, 4.69) is 33.8 Å². The molecule has 34 atom stereocenters. The number of fused-ring (bicyclic) bond motifs is 4. The third-order valence-corrected chi connectivity index (χ3v) is 22.5. The molecule has 7 heterocycles. The Morgan fingerprint density at radius 1 is 0.583 bits per heavy atom. The van der Waals surface area contributed by atoms with E-state index >= 15 is 0 Å². The van der Waals surface area contributed by atoms with Crippen LogP contribution in [-0.4, -0.2) is 269 Å². The number of ether oxygens (including phenoxy) is 12. The molecule has 2 bridgehead atoms. The van der Waals surface area contributed by atoms with Crippen LogP contribution < -0.4 is 0 Å². The second-order valence-electron chi connectivity index (χ2n) is 28.2. The van der Waals surface area contributed by atoms with Gasteiger partial charge in [0.2, 0.25) is 0 Å². The van der Waals surface area contributed by atoms with Gasteiger partial charge in [0.05, 0.1) is 56.9 Å². The Labute approximate surface area is 488 Å². The molecule has 84 heavy (non-hydrogen) atoms. The van der Waals surface area contributed by atoms with Gasteiger partial charge in [-0.05, 0) is 100 Å². The zero-order chi connectivity index (χ0) is 60.7. The Hall–Kier alpha value is -1.30. The van der Waals surface area contributed by atoms with E-state index < -0.39 is 191 Å². The molecule has 0 aromatic carbocycles. The largest absolute Gasteiger partial charge is 0.394 e. The molecule has 482 valence electrons. The van der Waals surface area contributed by atoms with Gasteiger partial charge in [-0.2, -0.15) is 0 Å². The van der Waals surface area contributed by atoms with E-state index in [1.807, 2.05) is 20.8 Å². The Balaban J connectivity index is 0.763. The molecule has 0 aromatic rings. The van der Waals surface area contributed by atoms with Gasteiger partial charge < -0.3 is 128 Å². The summed E-state index contributed by atoms with van der Waals surface area (Å²) in [6, 6.07) is 0. The fourth-order valence-electron chi connectivity index (χ4n) is 18.3. The van der Waals surface area contributed by atoms with E-state index in [9.17, 15) is 71.5 Å². The normalized spacial score (nSPS) is 57.1. The minimum atomic E-state index is -1.99. The fourth-order valence-corrected chi connectivity index (χ4v) is 18.3. The third kappa shape index (κ3) is 10.5. The molecule has 26 nitrogen and oxygen atoms in total. The molecule has 14 N–H and O–H groups in total. The van der Waals surface area contributed by atoms with Crippen LogP contribution in [0.5, 0.6) is 0 Å². The molecule has 7 aliphatic heterocycles. The van der Waals surface area contributed by atoms with Gasteiger partial charge in [-0.1, -0.05) is 39.3 Å². The second-order valence-corrected chi connectivity index (χ2v) is 28.2. The number of rotatable bonds is 13. The van der Waals surface area contributed by atoms with E-state index in [-0.39, 0.29) is 40.1 Å². The van der Waals surface area contributed by atoms with Gasteiger partial charge in [0.15, 0.2) is 37.2 Å². The van der Waals surface area contributed by atoms with Crippen molar-refractivity contribution in [3.63, 3.8) is 0 Å². The summed E-state index contributed by atoms with van der Waals surface area (Å²) < 4.78 is 73.6. The zero-order valence-electron chi connectivity index (χ0n) is 49.2. The van der Waals surface area contributed by atoms with Gasteiger partial charge in [-0.3, -0.25) is 0 Å². The van der Waals surface area contributed by atoms with Crippen LogP contribution in [-0.2, 0) is 56.8 Å². The highest BCUT2D eigenvalue weighted by Gasteiger charge is 2.81. The van der Waals surface area contributed by atoms with Crippen molar-refractivity contribution in [2.24, 2.45) is 45.3 Å². The highest BCUT2D eigenvalue weighted by molar-refractivity contribution is 5.27. The molecule has 0 aromatic heterocycles. The maximum Gasteiger partial charge on any atom is 0.187 e. The van der Waals surface area contributed by atoms with E-state index in [1.165, 1.54) is 0 Å². The topological polar surface area (TPSA) is 394 Å². The summed E-state index contributed by atoms with van der Waals surface area (Å²) in [6.45, 7) is 15.0. The molecule has 7 saturated heterocycles. The molecule has 11 fully saturated rings. The Morgan fingerprint density at radius 2 is 1.21 bits per heavy atom. The van der Waals surface area contributed by atoms with Crippen molar-refractivity contribution in [3.8, 4) is 0 Å². The summed E-state index contributed by atoms with van der Waals surface area (Å²) in [4.78, 5) is 0. The van der Waals surface area contributed by atoms with E-state index in [0.29, 0.717) is 25.4 Å². The van der Waals surface area contributed by atoms with Crippen LogP contribution in [0.15, 0.2) is 11.6 Å². The molecule has 26 heteroatoms. The predicted molar refractivity (Wildman–Crippen MR) is 283 cm³/mol.